The van der Waals surface area contributed by atoms with E-state index >= 15 is 0 Å². The number of ketones is 1. The van der Waals surface area contributed by atoms with Gasteiger partial charge in [-0.1, -0.05) is 0 Å². The molecule has 3 unspecified atom stereocenters. The standard InChI is InChI=1S/C18H25N3O3/c1-18(2,3)24-17(23)20-6-7-21-15(10-20)14(9-19-21)16(22)12-5-4-11-8-13(11)12/h9,11-13H,4-8,10H2,1-3H3. The van der Waals surface area contributed by atoms with Gasteiger partial charge in [0.25, 0.3) is 0 Å². The molecule has 24 heavy (non-hydrogen) atoms. The quantitative estimate of drug-likeness (QED) is 0.782. The second-order valence-corrected chi connectivity index (χ2v) is 8.34. The monoisotopic (exact) mass is 331 g/mol. The summed E-state index contributed by atoms with van der Waals surface area (Å²) in [5.74, 6) is 1.77. The highest BCUT2D eigenvalue weighted by Crippen LogP contribution is 2.56. The van der Waals surface area contributed by atoms with Crippen molar-refractivity contribution in [3.63, 3.8) is 0 Å². The molecule has 130 valence electrons. The average molecular weight is 331 g/mol. The van der Waals surface area contributed by atoms with Crippen molar-refractivity contribution in [1.82, 2.24) is 14.7 Å². The maximum atomic E-state index is 12.9. The molecule has 0 spiro atoms. The van der Waals surface area contributed by atoms with Crippen LogP contribution in [0.1, 0.15) is 56.1 Å². The molecule has 4 rings (SSSR count). The zero-order valence-corrected chi connectivity index (χ0v) is 14.6. The van der Waals surface area contributed by atoms with Crippen LogP contribution in [-0.4, -0.2) is 38.7 Å². The van der Waals surface area contributed by atoms with Crippen LogP contribution in [0.4, 0.5) is 4.79 Å². The minimum atomic E-state index is -0.516. The lowest BCUT2D eigenvalue weighted by Crippen LogP contribution is -2.42. The topological polar surface area (TPSA) is 64.4 Å². The SMILES string of the molecule is CC(C)(C)OC(=O)N1CCn2ncc(C(=O)C3CCC4CC43)c2C1. The summed E-state index contributed by atoms with van der Waals surface area (Å²) in [7, 11) is 0. The van der Waals surface area contributed by atoms with E-state index in [4.69, 9.17) is 4.74 Å². The first-order valence-electron chi connectivity index (χ1n) is 8.90. The summed E-state index contributed by atoms with van der Waals surface area (Å²) in [4.78, 5) is 26.9. The summed E-state index contributed by atoms with van der Waals surface area (Å²) in [6.45, 7) is 7.15. The van der Waals surface area contributed by atoms with Crippen molar-refractivity contribution in [1.29, 1.82) is 0 Å². The van der Waals surface area contributed by atoms with Crippen LogP contribution in [0.25, 0.3) is 0 Å². The predicted molar refractivity (Wildman–Crippen MR) is 87.5 cm³/mol. The number of carbonyl (C=O) groups excluding carboxylic acids is 2. The van der Waals surface area contributed by atoms with Gasteiger partial charge in [-0.05, 0) is 51.9 Å². The fraction of sp³-hybridized carbons (Fsp3) is 0.722. The number of ether oxygens (including phenoxy) is 1. The molecular formula is C18H25N3O3. The highest BCUT2D eigenvalue weighted by atomic mass is 16.6. The summed E-state index contributed by atoms with van der Waals surface area (Å²) in [5.41, 5.74) is 1.06. The van der Waals surface area contributed by atoms with Gasteiger partial charge in [-0.3, -0.25) is 9.48 Å². The molecule has 2 fully saturated rings. The molecule has 1 aromatic rings. The van der Waals surface area contributed by atoms with E-state index in [0.717, 1.165) is 18.0 Å². The fourth-order valence-electron chi connectivity index (χ4n) is 4.16. The van der Waals surface area contributed by atoms with E-state index in [9.17, 15) is 9.59 Å². The second-order valence-electron chi connectivity index (χ2n) is 8.34. The molecule has 0 saturated heterocycles. The van der Waals surface area contributed by atoms with E-state index in [-0.39, 0.29) is 17.8 Å². The van der Waals surface area contributed by atoms with Crippen LogP contribution in [0.15, 0.2) is 6.20 Å². The lowest BCUT2D eigenvalue weighted by Gasteiger charge is -2.31. The third-order valence-electron chi connectivity index (χ3n) is 5.47. The van der Waals surface area contributed by atoms with Crippen molar-refractivity contribution in [3.05, 3.63) is 17.5 Å². The van der Waals surface area contributed by atoms with Crippen molar-refractivity contribution in [2.24, 2.45) is 17.8 Å². The fourth-order valence-corrected chi connectivity index (χ4v) is 4.16. The largest absolute Gasteiger partial charge is 0.444 e. The molecule has 0 N–H and O–H groups in total. The van der Waals surface area contributed by atoms with E-state index in [1.165, 1.54) is 12.8 Å². The lowest BCUT2D eigenvalue weighted by molar-refractivity contribution is 0.0193. The predicted octanol–water partition coefficient (Wildman–Crippen LogP) is 2.86. The molecule has 1 aliphatic heterocycles. The number of aromatic nitrogens is 2. The van der Waals surface area contributed by atoms with E-state index in [0.29, 0.717) is 31.1 Å². The molecule has 3 aliphatic rings. The first kappa shape index (κ1) is 15.7. The highest BCUT2D eigenvalue weighted by molar-refractivity contribution is 5.99. The molecule has 2 aliphatic carbocycles. The van der Waals surface area contributed by atoms with Crippen molar-refractivity contribution < 1.29 is 14.3 Å². The molecule has 2 saturated carbocycles. The maximum absolute atomic E-state index is 12.9. The Morgan fingerprint density at radius 1 is 1.25 bits per heavy atom. The van der Waals surface area contributed by atoms with Gasteiger partial charge in [0.15, 0.2) is 5.78 Å². The minimum Gasteiger partial charge on any atom is -0.444 e. The molecule has 0 radical (unpaired) electrons. The first-order chi connectivity index (χ1) is 11.3. The number of hydrogen-bond acceptors (Lipinski definition) is 4. The number of hydrogen-bond donors (Lipinski definition) is 0. The van der Waals surface area contributed by atoms with Gasteiger partial charge in [0, 0.05) is 12.5 Å². The van der Waals surface area contributed by atoms with Crippen LogP contribution in [0.5, 0.6) is 0 Å². The number of nitrogens with zero attached hydrogens (tertiary/aromatic N) is 3. The van der Waals surface area contributed by atoms with Gasteiger partial charge in [-0.2, -0.15) is 5.10 Å². The molecule has 2 heterocycles. The molecule has 0 bridgehead atoms. The van der Waals surface area contributed by atoms with E-state index in [1.807, 2.05) is 25.5 Å². The summed E-state index contributed by atoms with van der Waals surface area (Å²) < 4.78 is 7.33. The van der Waals surface area contributed by atoms with E-state index < -0.39 is 5.60 Å². The lowest BCUT2D eigenvalue weighted by atomic mass is 9.93. The summed E-state index contributed by atoms with van der Waals surface area (Å²) in [6.07, 6.45) is 4.79. The molecule has 6 heteroatoms. The molecule has 6 nitrogen and oxygen atoms in total. The summed E-state index contributed by atoms with van der Waals surface area (Å²) >= 11 is 0. The molecule has 0 aromatic carbocycles. The number of amides is 1. The number of rotatable bonds is 2. The minimum absolute atomic E-state index is 0.167. The Balaban J connectivity index is 1.51. The number of Topliss-reactive ketones (excluding diaryl/α,β-unsaturated/α-hetero) is 1. The van der Waals surface area contributed by atoms with Crippen molar-refractivity contribution in [2.75, 3.05) is 6.54 Å². The smallest absolute Gasteiger partial charge is 0.410 e. The van der Waals surface area contributed by atoms with Gasteiger partial charge in [0.1, 0.15) is 5.60 Å². The van der Waals surface area contributed by atoms with Gasteiger partial charge >= 0.3 is 6.09 Å². The average Bonchev–Trinajstić information content (AvgIpc) is 2.98. The molecular weight excluding hydrogens is 306 g/mol. The van der Waals surface area contributed by atoms with Crippen LogP contribution < -0.4 is 0 Å². The summed E-state index contributed by atoms with van der Waals surface area (Å²) in [5, 5.41) is 4.37. The normalized spacial score (nSPS) is 28.3. The van der Waals surface area contributed by atoms with Crippen LogP contribution in [0.2, 0.25) is 0 Å². The Labute approximate surface area is 142 Å². The molecule has 3 atom stereocenters. The number of fused-ring (bicyclic) bond motifs is 2. The Morgan fingerprint density at radius 3 is 2.67 bits per heavy atom. The zero-order chi connectivity index (χ0) is 17.1. The van der Waals surface area contributed by atoms with Gasteiger partial charge in [-0.25, -0.2) is 4.79 Å². The van der Waals surface area contributed by atoms with Crippen LogP contribution in [-0.2, 0) is 17.8 Å². The third-order valence-corrected chi connectivity index (χ3v) is 5.47. The van der Waals surface area contributed by atoms with Gasteiger partial charge in [-0.15, -0.1) is 0 Å². The Kier molecular flexibility index (Phi) is 3.48. The van der Waals surface area contributed by atoms with Crippen LogP contribution in [0.3, 0.4) is 0 Å². The van der Waals surface area contributed by atoms with Crippen molar-refractivity contribution >= 4 is 11.9 Å². The molecule has 1 amide bonds. The van der Waals surface area contributed by atoms with E-state index in [2.05, 4.69) is 5.10 Å². The highest BCUT2D eigenvalue weighted by Gasteiger charge is 2.51. The maximum Gasteiger partial charge on any atom is 0.410 e. The summed E-state index contributed by atoms with van der Waals surface area (Å²) in [6, 6.07) is 0. The van der Waals surface area contributed by atoms with Gasteiger partial charge in [0.05, 0.1) is 30.5 Å². The van der Waals surface area contributed by atoms with Crippen molar-refractivity contribution in [2.45, 2.75) is 58.7 Å². The Morgan fingerprint density at radius 2 is 2.04 bits per heavy atom. The van der Waals surface area contributed by atoms with Crippen LogP contribution in [0, 0.1) is 17.8 Å². The Hall–Kier alpha value is -1.85. The van der Waals surface area contributed by atoms with Crippen LogP contribution >= 0.6 is 0 Å². The number of carbonyl (C=O) groups is 2. The van der Waals surface area contributed by atoms with Gasteiger partial charge in [0.2, 0.25) is 0 Å². The molecule has 1 aromatic heterocycles. The first-order valence-corrected chi connectivity index (χ1v) is 8.90. The van der Waals surface area contributed by atoms with E-state index in [1.54, 1.807) is 11.1 Å². The second kappa shape index (κ2) is 5.33. The van der Waals surface area contributed by atoms with Crippen molar-refractivity contribution in [3.8, 4) is 0 Å². The zero-order valence-electron chi connectivity index (χ0n) is 14.6. The van der Waals surface area contributed by atoms with Gasteiger partial charge < -0.3 is 9.64 Å². The third kappa shape index (κ3) is 2.72. The Bertz CT molecular complexity index is 688.